The van der Waals surface area contributed by atoms with Crippen LogP contribution in [0.15, 0.2) is 42.6 Å². The van der Waals surface area contributed by atoms with Crippen molar-refractivity contribution in [1.82, 2.24) is 19.6 Å². The number of benzene rings is 1. The van der Waals surface area contributed by atoms with E-state index in [1.54, 1.807) is 9.58 Å². The van der Waals surface area contributed by atoms with Crippen molar-refractivity contribution >= 4 is 11.8 Å². The van der Waals surface area contributed by atoms with Crippen molar-refractivity contribution in [2.24, 2.45) is 0 Å². The Kier molecular flexibility index (Phi) is 7.58. The monoisotopic (exact) mass is 438 g/mol. The van der Waals surface area contributed by atoms with Crippen molar-refractivity contribution in [3.05, 3.63) is 53.9 Å². The van der Waals surface area contributed by atoms with Crippen molar-refractivity contribution in [2.45, 2.75) is 70.7 Å². The van der Waals surface area contributed by atoms with Crippen molar-refractivity contribution in [1.29, 1.82) is 0 Å². The topological polar surface area (TPSA) is 67.7 Å². The molecule has 1 saturated heterocycles. The van der Waals surface area contributed by atoms with E-state index in [1.807, 2.05) is 54.4 Å². The molecule has 0 spiro atoms. The van der Waals surface area contributed by atoms with Crippen LogP contribution in [0, 0.1) is 6.92 Å². The molecule has 1 aliphatic heterocycles. The lowest BCUT2D eigenvalue weighted by atomic mass is 9.94. The van der Waals surface area contributed by atoms with E-state index < -0.39 is 0 Å². The van der Waals surface area contributed by atoms with Crippen molar-refractivity contribution in [2.75, 3.05) is 19.6 Å². The van der Waals surface area contributed by atoms with Crippen LogP contribution in [0.25, 0.3) is 0 Å². The first kappa shape index (κ1) is 22.5. The molecule has 2 fully saturated rings. The highest BCUT2D eigenvalue weighted by Gasteiger charge is 2.34. The smallest absolute Gasteiger partial charge is 0.242 e. The molecule has 7 nitrogen and oxygen atoms in total. The third kappa shape index (κ3) is 5.97. The maximum atomic E-state index is 13.2. The highest BCUT2D eigenvalue weighted by Crippen LogP contribution is 2.25. The Morgan fingerprint density at radius 1 is 1.09 bits per heavy atom. The molecule has 7 heteroatoms. The highest BCUT2D eigenvalue weighted by atomic mass is 16.5. The molecule has 1 aromatic carbocycles. The lowest BCUT2D eigenvalue weighted by molar-refractivity contribution is -0.140. The number of amides is 2. The van der Waals surface area contributed by atoms with E-state index in [-0.39, 0.29) is 30.5 Å². The second kappa shape index (κ2) is 10.8. The van der Waals surface area contributed by atoms with Gasteiger partial charge in [0.15, 0.2) is 0 Å². The number of hydrogen-bond donors (Lipinski definition) is 0. The Bertz CT molecular complexity index is 892. The maximum absolute atomic E-state index is 13.2. The predicted molar refractivity (Wildman–Crippen MR) is 122 cm³/mol. The standard InChI is InChI=1S/C25H34N4O3/c1-20-12-14-28(26-20)15-13-24(30)27-16-23(32-19-21-8-4-2-5-9-21)17-29(25(31)18-27)22-10-6-3-7-11-22/h2,4-5,8-9,12,14,22-23H,3,6-7,10-11,13,15-19H2,1H3. The molecule has 1 saturated carbocycles. The second-order valence-electron chi connectivity index (χ2n) is 9.00. The van der Waals surface area contributed by atoms with Crippen LogP contribution in [0.1, 0.15) is 49.8 Å². The number of nitrogens with zero attached hydrogens (tertiary/aromatic N) is 4. The van der Waals surface area contributed by atoms with E-state index in [4.69, 9.17) is 4.74 Å². The van der Waals surface area contributed by atoms with E-state index in [0.29, 0.717) is 32.7 Å². The molecule has 1 aromatic heterocycles. The Morgan fingerprint density at radius 3 is 2.59 bits per heavy atom. The molecule has 0 bridgehead atoms. The molecule has 0 N–H and O–H groups in total. The highest BCUT2D eigenvalue weighted by molar-refractivity contribution is 5.85. The van der Waals surface area contributed by atoms with Gasteiger partial charge in [-0.05, 0) is 31.4 Å². The molecular formula is C25H34N4O3. The molecular weight excluding hydrogens is 404 g/mol. The summed E-state index contributed by atoms with van der Waals surface area (Å²) >= 11 is 0. The van der Waals surface area contributed by atoms with E-state index in [0.717, 1.165) is 36.9 Å². The van der Waals surface area contributed by atoms with E-state index in [1.165, 1.54) is 6.42 Å². The predicted octanol–water partition coefficient (Wildman–Crippen LogP) is 3.17. The summed E-state index contributed by atoms with van der Waals surface area (Å²) in [7, 11) is 0. The average Bonchev–Trinajstić information content (AvgIpc) is 3.16. The largest absolute Gasteiger partial charge is 0.370 e. The SMILES string of the molecule is Cc1ccn(CCC(=O)N2CC(=O)N(C3CCCCC3)CC(OCc3ccccc3)C2)n1. The third-order valence-electron chi connectivity index (χ3n) is 6.50. The maximum Gasteiger partial charge on any atom is 0.242 e. The lowest BCUT2D eigenvalue weighted by Crippen LogP contribution is -2.46. The Labute approximate surface area is 190 Å². The number of aryl methyl sites for hydroxylation is 2. The number of carbonyl (C=O) groups is 2. The first-order valence-corrected chi connectivity index (χ1v) is 11.8. The van der Waals surface area contributed by atoms with Gasteiger partial charge in [0.2, 0.25) is 11.8 Å². The quantitative estimate of drug-likeness (QED) is 0.666. The molecule has 172 valence electrons. The zero-order valence-electron chi connectivity index (χ0n) is 19.0. The van der Waals surface area contributed by atoms with Gasteiger partial charge in [0.1, 0.15) is 0 Å². The summed E-state index contributed by atoms with van der Waals surface area (Å²) in [6.45, 7) is 4.06. The zero-order chi connectivity index (χ0) is 22.3. The van der Waals surface area contributed by atoms with Crippen LogP contribution >= 0.6 is 0 Å². The minimum absolute atomic E-state index is 0.0229. The molecule has 2 heterocycles. The van der Waals surface area contributed by atoms with E-state index in [2.05, 4.69) is 5.10 Å². The van der Waals surface area contributed by atoms with Gasteiger partial charge in [-0.2, -0.15) is 5.10 Å². The summed E-state index contributed by atoms with van der Waals surface area (Å²) in [6.07, 6.45) is 7.67. The van der Waals surface area contributed by atoms with Gasteiger partial charge >= 0.3 is 0 Å². The molecule has 32 heavy (non-hydrogen) atoms. The van der Waals surface area contributed by atoms with Gasteiger partial charge < -0.3 is 14.5 Å². The summed E-state index contributed by atoms with van der Waals surface area (Å²) < 4.78 is 8.04. The molecule has 1 unspecified atom stereocenters. The second-order valence-corrected chi connectivity index (χ2v) is 9.00. The first-order valence-electron chi connectivity index (χ1n) is 11.8. The number of ether oxygens (including phenoxy) is 1. The zero-order valence-corrected chi connectivity index (χ0v) is 19.0. The summed E-state index contributed by atoms with van der Waals surface area (Å²) in [6, 6.07) is 12.2. The first-order chi connectivity index (χ1) is 15.6. The summed E-state index contributed by atoms with van der Waals surface area (Å²) in [5.41, 5.74) is 2.03. The molecule has 1 aliphatic carbocycles. The van der Waals surface area contributed by atoms with Gasteiger partial charge in [-0.3, -0.25) is 14.3 Å². The van der Waals surface area contributed by atoms with Gasteiger partial charge in [0.05, 0.1) is 24.9 Å². The van der Waals surface area contributed by atoms with Crippen LogP contribution in [0.4, 0.5) is 0 Å². The van der Waals surface area contributed by atoms with E-state index >= 15 is 0 Å². The Balaban J connectivity index is 1.43. The molecule has 2 aromatic rings. The van der Waals surface area contributed by atoms with Crippen molar-refractivity contribution < 1.29 is 14.3 Å². The average molecular weight is 439 g/mol. The number of hydrogen-bond acceptors (Lipinski definition) is 4. The molecule has 2 amide bonds. The fraction of sp³-hybridized carbons (Fsp3) is 0.560. The van der Waals surface area contributed by atoms with Crippen LogP contribution in [0.5, 0.6) is 0 Å². The molecule has 0 radical (unpaired) electrons. The van der Waals surface area contributed by atoms with Crippen LogP contribution < -0.4 is 0 Å². The summed E-state index contributed by atoms with van der Waals surface area (Å²) in [5.74, 6) is 0.0244. The molecule has 2 aliphatic rings. The molecule has 4 rings (SSSR count). The Hall–Kier alpha value is -2.67. The minimum atomic E-state index is -0.195. The Morgan fingerprint density at radius 2 is 1.88 bits per heavy atom. The third-order valence-corrected chi connectivity index (χ3v) is 6.50. The van der Waals surface area contributed by atoms with Gasteiger partial charge in [0, 0.05) is 38.3 Å². The minimum Gasteiger partial charge on any atom is -0.370 e. The number of aromatic nitrogens is 2. The van der Waals surface area contributed by atoms with Crippen LogP contribution in [0.3, 0.4) is 0 Å². The van der Waals surface area contributed by atoms with Crippen molar-refractivity contribution in [3.8, 4) is 0 Å². The van der Waals surface area contributed by atoms with E-state index in [9.17, 15) is 9.59 Å². The lowest BCUT2D eigenvalue weighted by Gasteiger charge is -2.34. The van der Waals surface area contributed by atoms with Crippen molar-refractivity contribution in [3.63, 3.8) is 0 Å². The van der Waals surface area contributed by atoms with Gasteiger partial charge in [0.25, 0.3) is 0 Å². The molecule has 1 atom stereocenters. The van der Waals surface area contributed by atoms with Gasteiger partial charge in [-0.1, -0.05) is 49.6 Å². The van der Waals surface area contributed by atoms with Crippen LogP contribution in [-0.4, -0.2) is 63.2 Å². The van der Waals surface area contributed by atoms with Crippen LogP contribution in [-0.2, 0) is 27.5 Å². The fourth-order valence-corrected chi connectivity index (χ4v) is 4.73. The fourth-order valence-electron chi connectivity index (χ4n) is 4.73. The normalized spacial score (nSPS) is 20.4. The number of rotatable bonds is 7. The summed E-state index contributed by atoms with van der Waals surface area (Å²) in [5, 5.41) is 4.36. The summed E-state index contributed by atoms with van der Waals surface area (Å²) in [4.78, 5) is 29.9. The van der Waals surface area contributed by atoms with Gasteiger partial charge in [-0.15, -0.1) is 0 Å². The van der Waals surface area contributed by atoms with Gasteiger partial charge in [-0.25, -0.2) is 0 Å². The van der Waals surface area contributed by atoms with Crippen LogP contribution in [0.2, 0.25) is 0 Å². The number of carbonyl (C=O) groups excluding carboxylic acids is 2.